The van der Waals surface area contributed by atoms with Crippen LogP contribution in [0.5, 0.6) is 0 Å². The summed E-state index contributed by atoms with van der Waals surface area (Å²) in [4.78, 5) is 38.4. The minimum absolute atomic E-state index is 0.0108. The predicted octanol–water partition coefficient (Wildman–Crippen LogP) is 3.14. The molecular formula is C37H62N2O11. The highest BCUT2D eigenvalue weighted by Gasteiger charge is 2.48. The van der Waals surface area contributed by atoms with Crippen molar-refractivity contribution in [2.24, 2.45) is 11.8 Å². The molecule has 0 aromatic heterocycles. The Balaban J connectivity index is 1.73. The van der Waals surface area contributed by atoms with Crippen molar-refractivity contribution in [1.29, 1.82) is 0 Å². The molecule has 0 radical (unpaired) electrons. The van der Waals surface area contributed by atoms with Crippen molar-refractivity contribution in [3.63, 3.8) is 0 Å². The van der Waals surface area contributed by atoms with Crippen LogP contribution >= 0.6 is 0 Å². The van der Waals surface area contributed by atoms with Gasteiger partial charge in [-0.3, -0.25) is 19.3 Å². The van der Waals surface area contributed by atoms with Crippen molar-refractivity contribution in [2.75, 3.05) is 26.2 Å². The molecule has 2 fully saturated rings. The average molecular weight is 711 g/mol. The second kappa shape index (κ2) is 18.9. The lowest BCUT2D eigenvalue weighted by Crippen LogP contribution is -2.52. The molecule has 3 rings (SSSR count). The molecule has 3 aliphatic rings. The number of hydrogen-bond donors (Lipinski definition) is 4. The van der Waals surface area contributed by atoms with E-state index < -0.39 is 47.9 Å². The van der Waals surface area contributed by atoms with Crippen LogP contribution in [0, 0.1) is 11.8 Å². The van der Waals surface area contributed by atoms with E-state index in [2.05, 4.69) is 5.32 Å². The molecule has 2 saturated heterocycles. The lowest BCUT2D eigenvalue weighted by atomic mass is 9.88. The molecule has 4 N–H and O–H groups in total. The van der Waals surface area contributed by atoms with Gasteiger partial charge in [0.2, 0.25) is 6.41 Å². The van der Waals surface area contributed by atoms with Gasteiger partial charge in [0.05, 0.1) is 29.8 Å². The molecule has 0 aromatic carbocycles. The lowest BCUT2D eigenvalue weighted by Gasteiger charge is -2.38. The van der Waals surface area contributed by atoms with Crippen LogP contribution in [-0.2, 0) is 38.1 Å². The summed E-state index contributed by atoms with van der Waals surface area (Å²) in [6.45, 7) is 16.4. The fourth-order valence-corrected chi connectivity index (χ4v) is 6.95. The van der Waals surface area contributed by atoms with Gasteiger partial charge >= 0.3 is 17.9 Å². The molecule has 13 nitrogen and oxygen atoms in total. The molecule has 286 valence electrons. The molecule has 13 heteroatoms. The maximum atomic E-state index is 13.2. The van der Waals surface area contributed by atoms with E-state index in [0.717, 1.165) is 5.57 Å². The molecule has 50 heavy (non-hydrogen) atoms. The van der Waals surface area contributed by atoms with E-state index in [-0.39, 0.29) is 55.4 Å². The van der Waals surface area contributed by atoms with Crippen molar-refractivity contribution in [1.82, 2.24) is 10.2 Å². The molecule has 0 saturated carbocycles. The third-order valence-corrected chi connectivity index (χ3v) is 10.1. The van der Waals surface area contributed by atoms with Crippen LogP contribution in [0.2, 0.25) is 0 Å². The van der Waals surface area contributed by atoms with E-state index in [4.69, 9.17) is 23.7 Å². The van der Waals surface area contributed by atoms with Crippen LogP contribution in [0.3, 0.4) is 0 Å². The van der Waals surface area contributed by atoms with Crippen molar-refractivity contribution in [3.05, 3.63) is 23.8 Å². The predicted molar refractivity (Wildman–Crippen MR) is 185 cm³/mol. The average Bonchev–Trinajstić information content (AvgIpc) is 3.80. The number of carbonyl (C=O) groups is 3. The highest BCUT2D eigenvalue weighted by Crippen LogP contribution is 2.39. The number of esters is 3. The molecular weight excluding hydrogens is 648 g/mol. The highest BCUT2D eigenvalue weighted by molar-refractivity contribution is 5.72. The molecule has 3 heterocycles. The lowest BCUT2D eigenvalue weighted by molar-refractivity contribution is -0.240. The van der Waals surface area contributed by atoms with Gasteiger partial charge in [0.15, 0.2) is 0 Å². The number of aliphatic hydroxyl groups excluding tert-OH is 1. The highest BCUT2D eigenvalue weighted by atomic mass is 16.6. The van der Waals surface area contributed by atoms with Crippen LogP contribution in [0.25, 0.3) is 0 Å². The van der Waals surface area contributed by atoms with E-state index >= 15 is 0 Å². The zero-order valence-electron chi connectivity index (χ0n) is 31.3. The van der Waals surface area contributed by atoms with Crippen molar-refractivity contribution < 1.29 is 53.4 Å². The third kappa shape index (κ3) is 13.3. The summed E-state index contributed by atoms with van der Waals surface area (Å²) in [5.74, 6) is -1.74. The first-order valence-corrected chi connectivity index (χ1v) is 18.2. The summed E-state index contributed by atoms with van der Waals surface area (Å²) in [6, 6.07) is 0. The monoisotopic (exact) mass is 710 g/mol. The number of nitrogens with one attached hydrogen (secondary N) is 1. The second-order valence-electron chi connectivity index (χ2n) is 14.9. The van der Waals surface area contributed by atoms with Gasteiger partial charge in [-0.25, -0.2) is 0 Å². The molecule has 3 aliphatic heterocycles. The largest absolute Gasteiger partial charge is 0.462 e. The quantitative estimate of drug-likeness (QED) is 0.0681. The van der Waals surface area contributed by atoms with Crippen LogP contribution in [0.4, 0.5) is 0 Å². The van der Waals surface area contributed by atoms with Gasteiger partial charge in [-0.2, -0.15) is 0 Å². The number of carbonyl (C=O) groups excluding carboxylic acids is 3. The molecule has 0 amide bonds. The van der Waals surface area contributed by atoms with E-state index in [0.29, 0.717) is 51.9 Å². The van der Waals surface area contributed by atoms with Gasteiger partial charge in [0.25, 0.3) is 0 Å². The first kappa shape index (κ1) is 42.0. The fourth-order valence-electron chi connectivity index (χ4n) is 6.95. The van der Waals surface area contributed by atoms with Gasteiger partial charge in [0, 0.05) is 58.3 Å². The van der Waals surface area contributed by atoms with E-state index in [1.807, 2.05) is 39.8 Å². The Labute approximate surface area is 297 Å². The molecule has 0 bridgehead atoms. The van der Waals surface area contributed by atoms with Gasteiger partial charge < -0.3 is 44.3 Å². The molecule has 0 aliphatic carbocycles. The molecule has 10 unspecified atom stereocenters. The number of cyclic esters (lactones) is 1. The van der Waals surface area contributed by atoms with Gasteiger partial charge in [-0.05, 0) is 58.4 Å². The van der Waals surface area contributed by atoms with Crippen LogP contribution < -0.4 is 5.32 Å². The van der Waals surface area contributed by atoms with E-state index in [9.17, 15) is 29.7 Å². The summed E-state index contributed by atoms with van der Waals surface area (Å²) >= 11 is 0. The van der Waals surface area contributed by atoms with E-state index in [1.165, 1.54) is 13.8 Å². The maximum Gasteiger partial charge on any atom is 0.310 e. The van der Waals surface area contributed by atoms with Gasteiger partial charge in [0.1, 0.15) is 24.4 Å². The van der Waals surface area contributed by atoms with Crippen LogP contribution in [0.1, 0.15) is 100 Å². The third-order valence-electron chi connectivity index (χ3n) is 10.1. The van der Waals surface area contributed by atoms with Crippen molar-refractivity contribution in [2.45, 2.75) is 155 Å². The SMILES string of the molecule is CC[C@@H](OC(C)=O)C(C)C1OC1CC(C)(O)CC/C=C(\C)C1OC(=O)CC(OC(C)=O)CCC(C)(O)C(OC(O)N2CCNCC2)/C=C/C1C. The number of allylic oxidation sites excluding steroid dienone is 1. The number of nitrogens with zero attached hydrogens (tertiary/aromatic N) is 1. The Hall–Kier alpha value is -2.39. The topological polar surface area (TPSA) is 177 Å². The number of ether oxygens (including phenoxy) is 5. The molecule has 0 aromatic rings. The minimum Gasteiger partial charge on any atom is -0.462 e. The van der Waals surface area contributed by atoms with Crippen molar-refractivity contribution >= 4 is 17.9 Å². The fraction of sp³-hybridized carbons (Fsp3) is 0.811. The number of hydrogen-bond acceptors (Lipinski definition) is 13. The number of piperazine rings is 1. The Morgan fingerprint density at radius 3 is 2.50 bits per heavy atom. The summed E-state index contributed by atoms with van der Waals surface area (Å²) in [7, 11) is 0. The normalized spacial score (nSPS) is 33.7. The first-order valence-electron chi connectivity index (χ1n) is 18.2. The molecule has 11 atom stereocenters. The number of rotatable bonds is 14. The van der Waals surface area contributed by atoms with Crippen LogP contribution in [0.15, 0.2) is 23.8 Å². The summed E-state index contributed by atoms with van der Waals surface area (Å²) in [6.07, 6.45) is 3.55. The van der Waals surface area contributed by atoms with Crippen LogP contribution in [-0.4, -0.2) is 119 Å². The van der Waals surface area contributed by atoms with Gasteiger partial charge in [-0.1, -0.05) is 39.0 Å². The van der Waals surface area contributed by atoms with Gasteiger partial charge in [-0.15, -0.1) is 0 Å². The Bertz CT molecular complexity index is 1180. The smallest absolute Gasteiger partial charge is 0.310 e. The zero-order chi connectivity index (χ0) is 37.2. The second-order valence-corrected chi connectivity index (χ2v) is 14.9. The summed E-state index contributed by atoms with van der Waals surface area (Å²) < 4.78 is 28.8. The Kier molecular flexibility index (Phi) is 15.9. The van der Waals surface area contributed by atoms with Crippen molar-refractivity contribution in [3.8, 4) is 0 Å². The Morgan fingerprint density at radius 2 is 1.88 bits per heavy atom. The summed E-state index contributed by atoms with van der Waals surface area (Å²) in [5.41, 5.74) is -1.70. The Morgan fingerprint density at radius 1 is 1.20 bits per heavy atom. The van der Waals surface area contributed by atoms with E-state index in [1.54, 1.807) is 24.8 Å². The number of epoxide rings is 1. The zero-order valence-corrected chi connectivity index (χ0v) is 31.3. The first-order chi connectivity index (χ1) is 23.4. The standard InChI is InChI=1S/C37H62N2O11/c1-9-29(47-27(6)41)25(4)34-30(48-34)22-36(7,44)15-10-11-23(2)33-24(3)12-13-31(49-35(43)39-19-17-38-18-20-39)37(8,45)16-14-28(46-26(5)40)21-32(42)50-33/h11-13,24-25,28-31,33-35,38,43-45H,9-10,14-22H2,1-8H3/b13-12+,23-11+/t24?,25?,28?,29-,30?,31?,33?,34?,35?,36?,37?/m1/s1. The summed E-state index contributed by atoms with van der Waals surface area (Å²) in [5, 5.41) is 37.0. The minimum atomic E-state index is -1.46. The molecule has 0 spiro atoms. The maximum absolute atomic E-state index is 13.2. The number of aliphatic hydroxyl groups is 3.